The number of hydrogen-bond acceptors (Lipinski definition) is 6. The van der Waals surface area contributed by atoms with Gasteiger partial charge in [-0.05, 0) is 12.1 Å². The summed E-state index contributed by atoms with van der Waals surface area (Å²) >= 11 is 0. The summed E-state index contributed by atoms with van der Waals surface area (Å²) in [7, 11) is 1.30. The molecule has 0 saturated carbocycles. The molecule has 1 aromatic heterocycles. The van der Waals surface area contributed by atoms with E-state index in [-0.39, 0.29) is 6.54 Å². The zero-order valence-electron chi connectivity index (χ0n) is 9.42. The molecule has 0 spiro atoms. The zero-order chi connectivity index (χ0) is 12.3. The monoisotopic (exact) mass is 235 g/mol. The Morgan fingerprint density at radius 3 is 2.88 bits per heavy atom. The van der Waals surface area contributed by atoms with Gasteiger partial charge in [-0.3, -0.25) is 4.98 Å². The van der Waals surface area contributed by atoms with Gasteiger partial charge in [-0.15, -0.1) is 0 Å². The second kappa shape index (κ2) is 4.50. The Kier molecular flexibility index (Phi) is 3.06. The number of rotatable bonds is 3. The third kappa shape index (κ3) is 1.99. The summed E-state index contributed by atoms with van der Waals surface area (Å²) in [6, 6.07) is 3.60. The smallest absolute Gasteiger partial charge is 0.354 e. The fraction of sp³-hybridized carbons (Fsp3) is 0.364. The first-order valence-corrected chi connectivity index (χ1v) is 5.16. The maximum Gasteiger partial charge on any atom is 0.354 e. The van der Waals surface area contributed by atoms with E-state index in [1.54, 1.807) is 24.5 Å². The molecule has 2 N–H and O–H groups in total. The molecule has 1 atom stereocenters. The van der Waals surface area contributed by atoms with E-state index in [1.807, 2.05) is 0 Å². The van der Waals surface area contributed by atoms with Crippen molar-refractivity contribution in [2.45, 2.75) is 12.0 Å². The minimum atomic E-state index is -1.19. The Labute approximate surface area is 98.4 Å². The molecule has 6 heteroatoms. The lowest BCUT2D eigenvalue weighted by Gasteiger charge is -2.20. The molecule has 0 radical (unpaired) electrons. The molecule has 1 aliphatic rings. The molecule has 90 valence electrons. The SMILES string of the molecule is COC(=O)C1(CN)CC(c2ccncc2)=NO1. The summed E-state index contributed by atoms with van der Waals surface area (Å²) in [5, 5.41) is 3.91. The van der Waals surface area contributed by atoms with Gasteiger partial charge in [0.05, 0.1) is 12.8 Å². The van der Waals surface area contributed by atoms with Crippen LogP contribution in [0.5, 0.6) is 0 Å². The molecule has 0 aromatic carbocycles. The molecule has 1 aromatic rings. The third-order valence-electron chi connectivity index (χ3n) is 2.68. The van der Waals surface area contributed by atoms with E-state index in [2.05, 4.69) is 14.9 Å². The van der Waals surface area contributed by atoms with Crippen molar-refractivity contribution in [3.8, 4) is 0 Å². The Balaban J connectivity index is 2.20. The number of carbonyl (C=O) groups is 1. The average molecular weight is 235 g/mol. The fourth-order valence-corrected chi connectivity index (χ4v) is 1.66. The van der Waals surface area contributed by atoms with E-state index < -0.39 is 11.6 Å². The third-order valence-corrected chi connectivity index (χ3v) is 2.68. The van der Waals surface area contributed by atoms with Crippen LogP contribution < -0.4 is 5.73 Å². The highest BCUT2D eigenvalue weighted by Gasteiger charge is 2.46. The van der Waals surface area contributed by atoms with Crippen molar-refractivity contribution < 1.29 is 14.4 Å². The molecule has 0 saturated heterocycles. The maximum absolute atomic E-state index is 11.6. The molecule has 1 unspecified atom stereocenters. The van der Waals surface area contributed by atoms with Crippen molar-refractivity contribution in [1.82, 2.24) is 4.98 Å². The van der Waals surface area contributed by atoms with Crippen LogP contribution in [0.15, 0.2) is 29.7 Å². The van der Waals surface area contributed by atoms with Crippen molar-refractivity contribution in [1.29, 1.82) is 0 Å². The largest absolute Gasteiger partial charge is 0.466 e. The second-order valence-electron chi connectivity index (χ2n) is 3.73. The van der Waals surface area contributed by atoms with E-state index in [1.165, 1.54) is 7.11 Å². The van der Waals surface area contributed by atoms with E-state index in [0.717, 1.165) is 5.56 Å². The summed E-state index contributed by atoms with van der Waals surface area (Å²) in [4.78, 5) is 20.7. The van der Waals surface area contributed by atoms with Crippen LogP contribution in [-0.4, -0.2) is 35.9 Å². The van der Waals surface area contributed by atoms with Crippen molar-refractivity contribution in [2.24, 2.45) is 10.9 Å². The fourth-order valence-electron chi connectivity index (χ4n) is 1.66. The van der Waals surface area contributed by atoms with Gasteiger partial charge in [0, 0.05) is 30.9 Å². The average Bonchev–Trinajstić information content (AvgIpc) is 2.84. The minimum Gasteiger partial charge on any atom is -0.466 e. The number of aromatic nitrogens is 1. The number of methoxy groups -OCH3 is 1. The molecular formula is C11H13N3O3. The number of esters is 1. The van der Waals surface area contributed by atoms with Gasteiger partial charge >= 0.3 is 5.97 Å². The van der Waals surface area contributed by atoms with E-state index in [9.17, 15) is 4.79 Å². The van der Waals surface area contributed by atoms with Crippen LogP contribution in [0.25, 0.3) is 0 Å². The summed E-state index contributed by atoms with van der Waals surface area (Å²) in [5.74, 6) is -0.507. The molecule has 1 aliphatic heterocycles. The first-order chi connectivity index (χ1) is 8.22. The van der Waals surface area contributed by atoms with Crippen molar-refractivity contribution in [2.75, 3.05) is 13.7 Å². The van der Waals surface area contributed by atoms with Crippen LogP contribution in [-0.2, 0) is 14.4 Å². The van der Waals surface area contributed by atoms with Gasteiger partial charge in [0.25, 0.3) is 5.60 Å². The zero-order valence-corrected chi connectivity index (χ0v) is 9.42. The molecule has 0 fully saturated rings. The van der Waals surface area contributed by atoms with Crippen LogP contribution in [0.3, 0.4) is 0 Å². The Morgan fingerprint density at radius 2 is 2.29 bits per heavy atom. The topological polar surface area (TPSA) is 86.8 Å². The van der Waals surface area contributed by atoms with Gasteiger partial charge in [0.15, 0.2) is 0 Å². The van der Waals surface area contributed by atoms with Gasteiger partial charge in [-0.2, -0.15) is 0 Å². The molecule has 0 bridgehead atoms. The van der Waals surface area contributed by atoms with Crippen LogP contribution >= 0.6 is 0 Å². The molecule has 0 aliphatic carbocycles. The minimum absolute atomic E-state index is 0.0256. The normalized spacial score (nSPS) is 22.8. The van der Waals surface area contributed by atoms with Gasteiger partial charge in [-0.25, -0.2) is 4.79 Å². The predicted octanol–water partition coefficient (Wildman–Crippen LogP) is 0.0765. The predicted molar refractivity (Wildman–Crippen MR) is 60.3 cm³/mol. The summed E-state index contributed by atoms with van der Waals surface area (Å²) in [6.45, 7) is 0.0256. The standard InChI is InChI=1S/C11H13N3O3/c1-16-10(15)11(7-12)6-9(14-17-11)8-2-4-13-5-3-8/h2-5H,6-7,12H2,1H3. The number of carbonyl (C=O) groups excluding carboxylic acids is 1. The van der Waals surface area contributed by atoms with E-state index in [0.29, 0.717) is 12.1 Å². The van der Waals surface area contributed by atoms with E-state index in [4.69, 9.17) is 10.6 Å². The lowest BCUT2D eigenvalue weighted by Crippen LogP contribution is -2.46. The summed E-state index contributed by atoms with van der Waals surface area (Å²) in [6.07, 6.45) is 3.61. The highest BCUT2D eigenvalue weighted by molar-refractivity contribution is 6.04. The molecule has 6 nitrogen and oxygen atoms in total. The number of oxime groups is 1. The maximum atomic E-state index is 11.6. The number of ether oxygens (including phenoxy) is 1. The Hall–Kier alpha value is -1.95. The number of pyridine rings is 1. The Morgan fingerprint density at radius 1 is 1.59 bits per heavy atom. The lowest BCUT2D eigenvalue weighted by molar-refractivity contribution is -0.165. The number of hydrogen-bond donors (Lipinski definition) is 1. The summed E-state index contributed by atoms with van der Waals surface area (Å²) < 4.78 is 4.68. The van der Waals surface area contributed by atoms with Gasteiger partial charge in [-0.1, -0.05) is 5.16 Å². The van der Waals surface area contributed by atoms with Crippen molar-refractivity contribution >= 4 is 11.7 Å². The number of nitrogens with two attached hydrogens (primary N) is 1. The van der Waals surface area contributed by atoms with Crippen molar-refractivity contribution in [3.05, 3.63) is 30.1 Å². The quantitative estimate of drug-likeness (QED) is 0.749. The van der Waals surface area contributed by atoms with Crippen molar-refractivity contribution in [3.63, 3.8) is 0 Å². The molecule has 2 heterocycles. The van der Waals surface area contributed by atoms with Crippen LogP contribution in [0, 0.1) is 0 Å². The number of nitrogens with zero attached hydrogens (tertiary/aromatic N) is 2. The van der Waals surface area contributed by atoms with Crippen LogP contribution in [0.4, 0.5) is 0 Å². The molecular weight excluding hydrogens is 222 g/mol. The van der Waals surface area contributed by atoms with Gasteiger partial charge in [0.2, 0.25) is 0 Å². The first-order valence-electron chi connectivity index (χ1n) is 5.16. The highest BCUT2D eigenvalue weighted by atomic mass is 16.7. The van der Waals surface area contributed by atoms with Crippen LogP contribution in [0.2, 0.25) is 0 Å². The summed E-state index contributed by atoms with van der Waals surface area (Å²) in [5.41, 5.74) is 5.92. The van der Waals surface area contributed by atoms with Crippen LogP contribution in [0.1, 0.15) is 12.0 Å². The second-order valence-corrected chi connectivity index (χ2v) is 3.73. The lowest BCUT2D eigenvalue weighted by atomic mass is 9.95. The highest BCUT2D eigenvalue weighted by Crippen LogP contribution is 2.27. The van der Waals surface area contributed by atoms with E-state index >= 15 is 0 Å². The Bertz CT molecular complexity index is 447. The van der Waals surface area contributed by atoms with Gasteiger partial charge in [0.1, 0.15) is 0 Å². The molecule has 2 rings (SSSR count). The van der Waals surface area contributed by atoms with Gasteiger partial charge < -0.3 is 15.3 Å². The molecule has 0 amide bonds. The first kappa shape index (κ1) is 11.5. The molecule has 17 heavy (non-hydrogen) atoms.